The van der Waals surface area contributed by atoms with Crippen LogP contribution in [0.1, 0.15) is 5.69 Å². The molecule has 1 aliphatic rings. The smallest absolute Gasteiger partial charge is 0.0487 e. The summed E-state index contributed by atoms with van der Waals surface area (Å²) in [5, 5.41) is 0. The molecule has 0 bridgehead atoms. The van der Waals surface area contributed by atoms with E-state index in [4.69, 9.17) is 0 Å². The average molecular weight is 117 g/mol. The second kappa shape index (κ2) is 1.64. The standard InChI is InChI=1S/C8H7N/c1-2-6-9-7-3-5-8(9)4-1/h2-5,7H,6H2. The van der Waals surface area contributed by atoms with Crippen molar-refractivity contribution in [1.82, 2.24) is 4.57 Å². The molecule has 1 aromatic rings. The van der Waals surface area contributed by atoms with E-state index in [2.05, 4.69) is 22.6 Å². The van der Waals surface area contributed by atoms with Gasteiger partial charge < -0.3 is 4.57 Å². The largest absolute Gasteiger partial charge is 0.343 e. The first-order valence-corrected chi connectivity index (χ1v) is 3.03. The van der Waals surface area contributed by atoms with Crippen LogP contribution in [0.5, 0.6) is 0 Å². The molecular formula is C8H7N. The Morgan fingerprint density at radius 2 is 2.56 bits per heavy atom. The Hall–Kier alpha value is -1.20. The van der Waals surface area contributed by atoms with Gasteiger partial charge in [0.15, 0.2) is 0 Å². The van der Waals surface area contributed by atoms with Crippen LogP contribution in [0.2, 0.25) is 0 Å². The lowest BCUT2D eigenvalue weighted by Crippen LogP contribution is -1.96. The molecule has 0 radical (unpaired) electrons. The highest BCUT2D eigenvalue weighted by atomic mass is 15.0. The molecule has 0 fully saturated rings. The molecule has 1 aliphatic heterocycles. The minimum atomic E-state index is 0.971. The van der Waals surface area contributed by atoms with Crippen LogP contribution in [0, 0.1) is 0 Å². The summed E-state index contributed by atoms with van der Waals surface area (Å²) in [6.45, 7) is 0.971. The van der Waals surface area contributed by atoms with Crippen molar-refractivity contribution in [3.05, 3.63) is 35.8 Å². The Morgan fingerprint density at radius 1 is 1.56 bits per heavy atom. The van der Waals surface area contributed by atoms with Crippen LogP contribution in [0.25, 0.3) is 6.08 Å². The van der Waals surface area contributed by atoms with Crippen molar-refractivity contribution in [2.75, 3.05) is 0 Å². The zero-order valence-corrected chi connectivity index (χ0v) is 5.04. The molecule has 0 saturated heterocycles. The fourth-order valence-corrected chi connectivity index (χ4v) is 1.02. The van der Waals surface area contributed by atoms with E-state index in [9.17, 15) is 0 Å². The van der Waals surface area contributed by atoms with Gasteiger partial charge in [0.2, 0.25) is 0 Å². The van der Waals surface area contributed by atoms with Crippen molar-refractivity contribution in [3.63, 3.8) is 0 Å². The van der Waals surface area contributed by atoms with Crippen molar-refractivity contribution in [2.24, 2.45) is 0 Å². The van der Waals surface area contributed by atoms with E-state index in [1.807, 2.05) is 18.2 Å². The molecule has 0 N–H and O–H groups in total. The van der Waals surface area contributed by atoms with E-state index in [1.165, 1.54) is 5.69 Å². The Balaban J connectivity index is 2.65. The Labute approximate surface area is 53.9 Å². The second-order valence-corrected chi connectivity index (χ2v) is 2.10. The zero-order chi connectivity index (χ0) is 6.10. The fourth-order valence-electron chi connectivity index (χ4n) is 1.02. The fraction of sp³-hybridized carbons (Fsp3) is 0.125. The molecular weight excluding hydrogens is 110 g/mol. The summed E-state index contributed by atoms with van der Waals surface area (Å²) in [5.41, 5.74) is 4.30. The molecule has 0 saturated carbocycles. The van der Waals surface area contributed by atoms with Gasteiger partial charge in [-0.1, -0.05) is 0 Å². The van der Waals surface area contributed by atoms with E-state index < -0.39 is 0 Å². The summed E-state index contributed by atoms with van der Waals surface area (Å²) in [5.74, 6) is 0. The maximum atomic E-state index is 3.06. The third-order valence-electron chi connectivity index (χ3n) is 1.50. The predicted octanol–water partition coefficient (Wildman–Crippen LogP) is 1.67. The van der Waals surface area contributed by atoms with Crippen molar-refractivity contribution < 1.29 is 0 Å². The minimum Gasteiger partial charge on any atom is -0.343 e. The molecule has 9 heavy (non-hydrogen) atoms. The first-order valence-electron chi connectivity index (χ1n) is 3.03. The van der Waals surface area contributed by atoms with Crippen LogP contribution in [0.4, 0.5) is 0 Å². The molecule has 0 amide bonds. The average Bonchev–Trinajstić information content (AvgIpc) is 2.33. The third kappa shape index (κ3) is 0.628. The molecule has 44 valence electrons. The first kappa shape index (κ1) is 4.66. The van der Waals surface area contributed by atoms with Gasteiger partial charge in [-0.15, -0.1) is 5.73 Å². The summed E-state index contributed by atoms with van der Waals surface area (Å²) in [6.07, 6.45) is 6.08. The highest BCUT2D eigenvalue weighted by Gasteiger charge is 1.95. The lowest BCUT2D eigenvalue weighted by atomic mass is 10.3. The number of allylic oxidation sites excluding steroid dienone is 1. The molecule has 0 atom stereocenters. The van der Waals surface area contributed by atoms with Crippen LogP contribution >= 0.6 is 0 Å². The molecule has 0 aromatic carbocycles. The van der Waals surface area contributed by atoms with Crippen LogP contribution in [0.15, 0.2) is 30.1 Å². The van der Waals surface area contributed by atoms with Crippen LogP contribution in [0.3, 0.4) is 0 Å². The van der Waals surface area contributed by atoms with Gasteiger partial charge in [0.05, 0.1) is 0 Å². The van der Waals surface area contributed by atoms with E-state index in [0.29, 0.717) is 0 Å². The summed E-state index contributed by atoms with van der Waals surface area (Å²) in [7, 11) is 0. The van der Waals surface area contributed by atoms with Gasteiger partial charge in [-0.2, -0.15) is 0 Å². The lowest BCUT2D eigenvalue weighted by molar-refractivity contribution is 0.815. The minimum absolute atomic E-state index is 0.971. The van der Waals surface area contributed by atoms with Gasteiger partial charge in [0, 0.05) is 24.5 Å². The zero-order valence-electron chi connectivity index (χ0n) is 5.04. The Bertz CT molecular complexity index is 275. The van der Waals surface area contributed by atoms with Gasteiger partial charge in [-0.05, 0) is 18.2 Å². The topological polar surface area (TPSA) is 4.93 Å². The van der Waals surface area contributed by atoms with Crippen LogP contribution < -0.4 is 0 Å². The van der Waals surface area contributed by atoms with E-state index in [-0.39, 0.29) is 0 Å². The Kier molecular flexibility index (Phi) is 0.850. The van der Waals surface area contributed by atoms with Crippen LogP contribution in [-0.4, -0.2) is 4.57 Å². The summed E-state index contributed by atoms with van der Waals surface area (Å²) >= 11 is 0. The number of rotatable bonds is 0. The first-order chi connectivity index (χ1) is 4.47. The predicted molar refractivity (Wildman–Crippen MR) is 37.0 cm³/mol. The van der Waals surface area contributed by atoms with Gasteiger partial charge >= 0.3 is 0 Å². The molecule has 1 heteroatoms. The number of aromatic nitrogens is 1. The van der Waals surface area contributed by atoms with Gasteiger partial charge in [-0.3, -0.25) is 0 Å². The molecule has 1 aromatic heterocycles. The summed E-state index contributed by atoms with van der Waals surface area (Å²) < 4.78 is 2.18. The van der Waals surface area contributed by atoms with E-state index >= 15 is 0 Å². The SMILES string of the molecule is C1=CCn2cccc2C=1. The van der Waals surface area contributed by atoms with Crippen molar-refractivity contribution in [2.45, 2.75) is 6.54 Å². The number of nitrogens with zero attached hydrogens (tertiary/aromatic N) is 1. The van der Waals surface area contributed by atoms with Crippen molar-refractivity contribution in [1.29, 1.82) is 0 Å². The number of fused-ring (bicyclic) bond motifs is 1. The quantitative estimate of drug-likeness (QED) is 0.455. The van der Waals surface area contributed by atoms with Crippen molar-refractivity contribution >= 4 is 6.08 Å². The monoisotopic (exact) mass is 117 g/mol. The normalized spacial score (nSPS) is 13.8. The Morgan fingerprint density at radius 3 is 3.44 bits per heavy atom. The summed E-state index contributed by atoms with van der Waals surface area (Å²) in [4.78, 5) is 0. The van der Waals surface area contributed by atoms with Crippen LogP contribution in [-0.2, 0) is 6.54 Å². The van der Waals surface area contributed by atoms with Gasteiger partial charge in [-0.25, -0.2) is 0 Å². The summed E-state index contributed by atoms with van der Waals surface area (Å²) in [6, 6.07) is 4.13. The molecule has 0 unspecified atom stereocenters. The molecule has 2 heterocycles. The highest BCUT2D eigenvalue weighted by Crippen LogP contribution is 2.06. The second-order valence-electron chi connectivity index (χ2n) is 2.10. The molecule has 2 rings (SSSR count). The maximum Gasteiger partial charge on any atom is 0.0487 e. The van der Waals surface area contributed by atoms with Gasteiger partial charge in [0.25, 0.3) is 0 Å². The molecule has 0 aliphatic carbocycles. The maximum absolute atomic E-state index is 3.06. The van der Waals surface area contributed by atoms with E-state index in [0.717, 1.165) is 6.54 Å². The molecule has 0 spiro atoms. The van der Waals surface area contributed by atoms with Gasteiger partial charge in [0.1, 0.15) is 0 Å². The number of hydrogen-bond donors (Lipinski definition) is 0. The highest BCUT2D eigenvalue weighted by molar-refractivity contribution is 5.46. The van der Waals surface area contributed by atoms with E-state index in [1.54, 1.807) is 0 Å². The number of hydrogen-bond acceptors (Lipinski definition) is 0. The molecule has 1 nitrogen and oxygen atoms in total. The lowest BCUT2D eigenvalue weighted by Gasteiger charge is -2.02. The van der Waals surface area contributed by atoms with Crippen molar-refractivity contribution in [3.8, 4) is 0 Å². The third-order valence-corrected chi connectivity index (χ3v) is 1.50.